The van der Waals surface area contributed by atoms with Crippen LogP contribution in [-0.2, 0) is 4.79 Å². The Kier molecular flexibility index (Phi) is 5.01. The molecule has 52 valence electrons. The molecular weight excluding hydrogens is 118 g/mol. The molecule has 3 heteroatoms. The van der Waals surface area contributed by atoms with E-state index in [1.54, 1.807) is 0 Å². The number of hydrogen-bond acceptors (Lipinski definition) is 3. The van der Waals surface area contributed by atoms with Crippen molar-refractivity contribution in [2.24, 2.45) is 4.99 Å². The Morgan fingerprint density at radius 2 is 2.44 bits per heavy atom. The SMILES string of the molecule is CC(=O)CC=NCCO. The highest BCUT2D eigenvalue weighted by Crippen LogP contribution is 1.75. The van der Waals surface area contributed by atoms with Crippen molar-refractivity contribution >= 4 is 12.0 Å². The van der Waals surface area contributed by atoms with E-state index in [4.69, 9.17) is 5.11 Å². The number of rotatable bonds is 4. The molecule has 0 atom stereocenters. The third kappa shape index (κ3) is 7.30. The average molecular weight is 129 g/mol. The second kappa shape index (κ2) is 5.44. The van der Waals surface area contributed by atoms with Crippen LogP contribution in [0.15, 0.2) is 4.99 Å². The molecule has 0 heterocycles. The quantitative estimate of drug-likeness (QED) is 0.544. The number of aliphatic hydroxyl groups excluding tert-OH is 1. The van der Waals surface area contributed by atoms with E-state index in [1.807, 2.05) is 0 Å². The first-order chi connectivity index (χ1) is 4.27. The monoisotopic (exact) mass is 129 g/mol. The Balaban J connectivity index is 3.14. The summed E-state index contributed by atoms with van der Waals surface area (Å²) in [4.78, 5) is 14.0. The summed E-state index contributed by atoms with van der Waals surface area (Å²) in [5.74, 6) is 0.0942. The standard InChI is InChI=1S/C6H11NO2/c1-6(9)2-3-7-4-5-8/h3,8H,2,4-5H2,1H3. The van der Waals surface area contributed by atoms with Crippen molar-refractivity contribution in [1.29, 1.82) is 0 Å². The lowest BCUT2D eigenvalue weighted by atomic mass is 10.3. The molecule has 0 saturated carbocycles. The van der Waals surface area contributed by atoms with Crippen molar-refractivity contribution < 1.29 is 9.90 Å². The predicted molar refractivity (Wildman–Crippen MR) is 35.7 cm³/mol. The van der Waals surface area contributed by atoms with Gasteiger partial charge in [-0.1, -0.05) is 0 Å². The zero-order valence-corrected chi connectivity index (χ0v) is 5.50. The van der Waals surface area contributed by atoms with Crippen LogP contribution in [0, 0.1) is 0 Å². The number of aliphatic hydroxyl groups is 1. The van der Waals surface area contributed by atoms with Gasteiger partial charge in [-0.25, -0.2) is 0 Å². The summed E-state index contributed by atoms with van der Waals surface area (Å²) in [6.07, 6.45) is 1.90. The van der Waals surface area contributed by atoms with Gasteiger partial charge in [-0.2, -0.15) is 0 Å². The molecule has 0 fully saturated rings. The molecule has 0 aromatic carbocycles. The Bertz CT molecular complexity index is 110. The van der Waals surface area contributed by atoms with E-state index in [0.29, 0.717) is 13.0 Å². The Hall–Kier alpha value is -0.700. The molecular formula is C6H11NO2. The van der Waals surface area contributed by atoms with Gasteiger partial charge in [0.05, 0.1) is 13.2 Å². The molecule has 0 aromatic rings. The van der Waals surface area contributed by atoms with Crippen LogP contribution in [0.3, 0.4) is 0 Å². The van der Waals surface area contributed by atoms with E-state index in [0.717, 1.165) is 0 Å². The fourth-order valence-corrected chi connectivity index (χ4v) is 0.342. The zero-order chi connectivity index (χ0) is 7.11. The average Bonchev–Trinajstić information content (AvgIpc) is 1.80. The maximum absolute atomic E-state index is 10.3. The third-order valence-corrected chi connectivity index (χ3v) is 0.737. The molecule has 0 rings (SSSR count). The topological polar surface area (TPSA) is 49.7 Å². The number of Topliss-reactive ketones (excluding diaryl/α,β-unsaturated/α-hetero) is 1. The first kappa shape index (κ1) is 8.30. The number of ketones is 1. The van der Waals surface area contributed by atoms with Gasteiger partial charge in [-0.05, 0) is 6.92 Å². The molecule has 9 heavy (non-hydrogen) atoms. The van der Waals surface area contributed by atoms with Crippen molar-refractivity contribution in [2.75, 3.05) is 13.2 Å². The highest BCUT2D eigenvalue weighted by Gasteiger charge is 1.84. The summed E-state index contributed by atoms with van der Waals surface area (Å²) in [5, 5.41) is 8.23. The maximum Gasteiger partial charge on any atom is 0.135 e. The summed E-state index contributed by atoms with van der Waals surface area (Å²) in [5.41, 5.74) is 0. The molecule has 0 unspecified atom stereocenters. The molecule has 0 radical (unpaired) electrons. The van der Waals surface area contributed by atoms with Gasteiger partial charge in [-0.3, -0.25) is 9.79 Å². The largest absolute Gasteiger partial charge is 0.394 e. The van der Waals surface area contributed by atoms with Crippen molar-refractivity contribution in [3.63, 3.8) is 0 Å². The lowest BCUT2D eigenvalue weighted by molar-refractivity contribution is -0.115. The van der Waals surface area contributed by atoms with Crippen molar-refractivity contribution in [2.45, 2.75) is 13.3 Å². The number of aliphatic imine (C=N–C) groups is 1. The number of hydrogen-bond donors (Lipinski definition) is 1. The molecule has 0 bridgehead atoms. The van der Waals surface area contributed by atoms with Crippen molar-refractivity contribution in [1.82, 2.24) is 0 Å². The minimum absolute atomic E-state index is 0.0500. The van der Waals surface area contributed by atoms with Gasteiger partial charge >= 0.3 is 0 Å². The number of nitrogens with zero attached hydrogens (tertiary/aromatic N) is 1. The van der Waals surface area contributed by atoms with Crippen LogP contribution in [0.5, 0.6) is 0 Å². The predicted octanol–water partition coefficient (Wildman–Crippen LogP) is 0.0286. The van der Waals surface area contributed by atoms with Crippen LogP contribution in [0.25, 0.3) is 0 Å². The van der Waals surface area contributed by atoms with E-state index in [2.05, 4.69) is 4.99 Å². The fourth-order valence-electron chi connectivity index (χ4n) is 0.342. The highest BCUT2D eigenvalue weighted by atomic mass is 16.3. The summed E-state index contributed by atoms with van der Waals surface area (Å²) in [7, 11) is 0. The minimum atomic E-state index is 0.0500. The number of carbonyl (C=O) groups excluding carboxylic acids is 1. The fraction of sp³-hybridized carbons (Fsp3) is 0.667. The zero-order valence-electron chi connectivity index (χ0n) is 5.50. The molecule has 0 aromatic heterocycles. The second-order valence-corrected chi connectivity index (χ2v) is 1.72. The summed E-state index contributed by atoms with van der Waals surface area (Å²) in [6, 6.07) is 0. The Morgan fingerprint density at radius 1 is 1.78 bits per heavy atom. The highest BCUT2D eigenvalue weighted by molar-refractivity contribution is 5.89. The molecule has 3 nitrogen and oxygen atoms in total. The van der Waals surface area contributed by atoms with Crippen molar-refractivity contribution in [3.05, 3.63) is 0 Å². The van der Waals surface area contributed by atoms with Crippen LogP contribution >= 0.6 is 0 Å². The van der Waals surface area contributed by atoms with Crippen LogP contribution in [0.4, 0.5) is 0 Å². The molecule has 0 spiro atoms. The molecule has 0 amide bonds. The van der Waals surface area contributed by atoms with E-state index in [1.165, 1.54) is 13.1 Å². The number of carbonyl (C=O) groups is 1. The van der Waals surface area contributed by atoms with Gasteiger partial charge in [0.25, 0.3) is 0 Å². The molecule has 0 aliphatic carbocycles. The normalized spacial score (nSPS) is 10.4. The van der Waals surface area contributed by atoms with Crippen LogP contribution in [0.1, 0.15) is 13.3 Å². The van der Waals surface area contributed by atoms with Gasteiger partial charge in [0.1, 0.15) is 5.78 Å². The van der Waals surface area contributed by atoms with E-state index in [9.17, 15) is 4.79 Å². The Morgan fingerprint density at radius 3 is 2.89 bits per heavy atom. The van der Waals surface area contributed by atoms with Crippen LogP contribution < -0.4 is 0 Å². The lowest BCUT2D eigenvalue weighted by Gasteiger charge is -1.84. The van der Waals surface area contributed by atoms with E-state index in [-0.39, 0.29) is 12.4 Å². The lowest BCUT2D eigenvalue weighted by Crippen LogP contribution is -1.92. The van der Waals surface area contributed by atoms with Crippen LogP contribution in [0.2, 0.25) is 0 Å². The second-order valence-electron chi connectivity index (χ2n) is 1.72. The first-order valence-corrected chi connectivity index (χ1v) is 2.86. The summed E-state index contributed by atoms with van der Waals surface area (Å²) < 4.78 is 0. The van der Waals surface area contributed by atoms with Crippen LogP contribution in [-0.4, -0.2) is 30.3 Å². The smallest absolute Gasteiger partial charge is 0.135 e. The van der Waals surface area contributed by atoms with E-state index >= 15 is 0 Å². The molecule has 0 aliphatic heterocycles. The Labute approximate surface area is 54.4 Å². The molecule has 1 N–H and O–H groups in total. The van der Waals surface area contributed by atoms with Gasteiger partial charge in [0.15, 0.2) is 0 Å². The maximum atomic E-state index is 10.3. The van der Waals surface area contributed by atoms with Gasteiger partial charge < -0.3 is 5.11 Å². The molecule has 0 aliphatic rings. The summed E-state index contributed by atoms with van der Waals surface area (Å²) >= 11 is 0. The van der Waals surface area contributed by atoms with E-state index < -0.39 is 0 Å². The van der Waals surface area contributed by atoms with Gasteiger partial charge in [-0.15, -0.1) is 0 Å². The minimum Gasteiger partial charge on any atom is -0.394 e. The third-order valence-electron chi connectivity index (χ3n) is 0.737. The summed E-state index contributed by atoms with van der Waals surface area (Å²) in [6.45, 7) is 1.95. The molecule has 0 saturated heterocycles. The first-order valence-electron chi connectivity index (χ1n) is 2.86. The van der Waals surface area contributed by atoms with Gasteiger partial charge in [0, 0.05) is 12.6 Å². The van der Waals surface area contributed by atoms with Gasteiger partial charge in [0.2, 0.25) is 0 Å². The van der Waals surface area contributed by atoms with Crippen molar-refractivity contribution in [3.8, 4) is 0 Å².